The zero-order valence-corrected chi connectivity index (χ0v) is 11.1. The molecule has 1 amide bonds. The Morgan fingerprint density at radius 2 is 2.33 bits per heavy atom. The number of nitrogens with one attached hydrogen (secondary N) is 1. The van der Waals surface area contributed by atoms with E-state index in [4.69, 9.17) is 16.3 Å². The molecule has 0 saturated carbocycles. The topological polar surface area (TPSA) is 58.6 Å². The average molecular weight is 272 g/mol. The first-order valence-electron chi connectivity index (χ1n) is 5.95. The summed E-state index contributed by atoms with van der Waals surface area (Å²) in [7, 11) is 0. The van der Waals surface area contributed by atoms with Crippen LogP contribution in [0.5, 0.6) is 5.75 Å². The van der Waals surface area contributed by atoms with Crippen molar-refractivity contribution in [2.75, 3.05) is 13.2 Å². The van der Waals surface area contributed by atoms with Crippen molar-refractivity contribution in [2.24, 2.45) is 0 Å². The summed E-state index contributed by atoms with van der Waals surface area (Å²) in [6.07, 6.45) is 0.882. The molecule has 0 fully saturated rings. The van der Waals surface area contributed by atoms with E-state index in [0.717, 1.165) is 0 Å². The normalized spacial score (nSPS) is 11.9. The lowest BCUT2D eigenvalue weighted by Crippen LogP contribution is -2.31. The second-order valence-electron chi connectivity index (χ2n) is 3.95. The first kappa shape index (κ1) is 14.8. The summed E-state index contributed by atoms with van der Waals surface area (Å²) in [6.45, 7) is 2.30. The summed E-state index contributed by atoms with van der Waals surface area (Å²) in [4.78, 5) is 11.4. The maximum atomic E-state index is 11.4. The third kappa shape index (κ3) is 5.89. The van der Waals surface area contributed by atoms with Gasteiger partial charge in [0.25, 0.3) is 5.91 Å². The SMILES string of the molecule is CCC(O)CCNC(=O)COc1cccc(Cl)c1. The van der Waals surface area contributed by atoms with E-state index in [2.05, 4.69) is 5.32 Å². The second-order valence-corrected chi connectivity index (χ2v) is 4.38. The van der Waals surface area contributed by atoms with E-state index in [0.29, 0.717) is 30.2 Å². The number of carbonyl (C=O) groups is 1. The van der Waals surface area contributed by atoms with Crippen LogP contribution in [0.4, 0.5) is 0 Å². The second kappa shape index (κ2) is 7.95. The van der Waals surface area contributed by atoms with Gasteiger partial charge in [-0.3, -0.25) is 4.79 Å². The highest BCUT2D eigenvalue weighted by Gasteiger charge is 2.04. The molecule has 1 unspecified atom stereocenters. The van der Waals surface area contributed by atoms with Gasteiger partial charge in [0.2, 0.25) is 0 Å². The van der Waals surface area contributed by atoms with Crippen molar-refractivity contribution in [3.05, 3.63) is 29.3 Å². The average Bonchev–Trinajstić information content (AvgIpc) is 2.36. The molecule has 1 rings (SSSR count). The van der Waals surface area contributed by atoms with E-state index in [1.165, 1.54) is 0 Å². The summed E-state index contributed by atoms with van der Waals surface area (Å²) in [5.41, 5.74) is 0. The van der Waals surface area contributed by atoms with Crippen LogP contribution in [-0.2, 0) is 4.79 Å². The lowest BCUT2D eigenvalue weighted by atomic mass is 10.2. The molecular formula is C13H18ClNO3. The number of rotatable bonds is 7. The molecule has 0 aliphatic heterocycles. The summed E-state index contributed by atoms with van der Waals surface area (Å²) in [5.74, 6) is 0.351. The molecule has 100 valence electrons. The quantitative estimate of drug-likeness (QED) is 0.797. The highest BCUT2D eigenvalue weighted by molar-refractivity contribution is 6.30. The largest absolute Gasteiger partial charge is 0.484 e. The highest BCUT2D eigenvalue weighted by Crippen LogP contribution is 2.16. The third-order valence-corrected chi connectivity index (χ3v) is 2.67. The van der Waals surface area contributed by atoms with Gasteiger partial charge < -0.3 is 15.2 Å². The van der Waals surface area contributed by atoms with Crippen molar-refractivity contribution in [3.63, 3.8) is 0 Å². The van der Waals surface area contributed by atoms with Crippen molar-refractivity contribution in [1.82, 2.24) is 5.32 Å². The van der Waals surface area contributed by atoms with E-state index in [-0.39, 0.29) is 18.6 Å². The molecule has 18 heavy (non-hydrogen) atoms. The Labute approximate surface area is 112 Å². The zero-order chi connectivity index (χ0) is 13.4. The molecule has 2 N–H and O–H groups in total. The number of amides is 1. The number of ether oxygens (including phenoxy) is 1. The molecule has 1 aromatic rings. The molecule has 0 bridgehead atoms. The molecule has 1 aromatic carbocycles. The lowest BCUT2D eigenvalue weighted by molar-refractivity contribution is -0.123. The number of aliphatic hydroxyl groups excluding tert-OH is 1. The minimum atomic E-state index is -0.362. The van der Waals surface area contributed by atoms with E-state index in [1.807, 2.05) is 6.92 Å². The first-order chi connectivity index (χ1) is 8.61. The van der Waals surface area contributed by atoms with E-state index in [1.54, 1.807) is 24.3 Å². The number of aliphatic hydroxyl groups is 1. The van der Waals surface area contributed by atoms with Crippen molar-refractivity contribution in [1.29, 1.82) is 0 Å². The van der Waals surface area contributed by atoms with Crippen LogP contribution in [0, 0.1) is 0 Å². The highest BCUT2D eigenvalue weighted by atomic mass is 35.5. The smallest absolute Gasteiger partial charge is 0.257 e. The molecule has 0 aliphatic rings. The number of benzene rings is 1. The molecule has 1 atom stereocenters. The Hall–Kier alpha value is -1.26. The number of carbonyl (C=O) groups excluding carboxylic acids is 1. The molecule has 5 heteroatoms. The van der Waals surface area contributed by atoms with Gasteiger partial charge in [0.05, 0.1) is 6.10 Å². The van der Waals surface area contributed by atoms with E-state index < -0.39 is 0 Å². The molecule has 4 nitrogen and oxygen atoms in total. The Kier molecular flexibility index (Phi) is 6.54. The van der Waals surface area contributed by atoms with E-state index in [9.17, 15) is 9.90 Å². The maximum absolute atomic E-state index is 11.4. The van der Waals surface area contributed by atoms with Gasteiger partial charge in [-0.25, -0.2) is 0 Å². The van der Waals surface area contributed by atoms with Crippen LogP contribution in [0.25, 0.3) is 0 Å². The molecule has 0 aliphatic carbocycles. The van der Waals surface area contributed by atoms with Crippen molar-refractivity contribution in [2.45, 2.75) is 25.9 Å². The fourth-order valence-corrected chi connectivity index (χ4v) is 1.52. The van der Waals surface area contributed by atoms with Crippen LogP contribution >= 0.6 is 11.6 Å². The summed E-state index contributed by atoms with van der Waals surface area (Å²) >= 11 is 5.79. The van der Waals surface area contributed by atoms with Crippen LogP contribution in [0.15, 0.2) is 24.3 Å². The molecule has 0 heterocycles. The lowest BCUT2D eigenvalue weighted by Gasteiger charge is -2.09. The van der Waals surface area contributed by atoms with Gasteiger partial charge in [-0.1, -0.05) is 24.6 Å². The zero-order valence-electron chi connectivity index (χ0n) is 10.4. The Balaban J connectivity index is 2.21. The van der Waals surface area contributed by atoms with Gasteiger partial charge in [0, 0.05) is 11.6 Å². The summed E-state index contributed by atoms with van der Waals surface area (Å²) in [6, 6.07) is 6.88. The first-order valence-corrected chi connectivity index (χ1v) is 6.32. The predicted octanol–water partition coefficient (Wildman–Crippen LogP) is 2.00. The van der Waals surface area contributed by atoms with Gasteiger partial charge in [-0.05, 0) is 31.0 Å². The van der Waals surface area contributed by atoms with Crippen molar-refractivity contribution in [3.8, 4) is 5.75 Å². The molecule has 0 spiro atoms. The minimum absolute atomic E-state index is 0.0530. The number of hydrogen-bond acceptors (Lipinski definition) is 3. The van der Waals surface area contributed by atoms with Gasteiger partial charge >= 0.3 is 0 Å². The van der Waals surface area contributed by atoms with E-state index >= 15 is 0 Å². The fraction of sp³-hybridized carbons (Fsp3) is 0.462. The van der Waals surface area contributed by atoms with Crippen LogP contribution in [0.3, 0.4) is 0 Å². The Bertz CT molecular complexity index is 384. The predicted molar refractivity (Wildman–Crippen MR) is 70.9 cm³/mol. The Morgan fingerprint density at radius 1 is 1.56 bits per heavy atom. The standard InChI is InChI=1S/C13H18ClNO3/c1-2-11(16)6-7-15-13(17)9-18-12-5-3-4-10(14)8-12/h3-5,8,11,16H,2,6-7,9H2,1H3,(H,15,17). The van der Waals surface area contributed by atoms with Gasteiger partial charge in [0.1, 0.15) is 5.75 Å². The molecule has 0 radical (unpaired) electrons. The van der Waals surface area contributed by atoms with Gasteiger partial charge in [0.15, 0.2) is 6.61 Å². The van der Waals surface area contributed by atoms with Gasteiger partial charge in [-0.2, -0.15) is 0 Å². The summed E-state index contributed by atoms with van der Waals surface area (Å²) < 4.78 is 5.27. The third-order valence-electron chi connectivity index (χ3n) is 2.44. The van der Waals surface area contributed by atoms with Crippen LogP contribution < -0.4 is 10.1 Å². The molecule has 0 aromatic heterocycles. The Morgan fingerprint density at radius 3 is 3.00 bits per heavy atom. The minimum Gasteiger partial charge on any atom is -0.484 e. The fourth-order valence-electron chi connectivity index (χ4n) is 1.34. The maximum Gasteiger partial charge on any atom is 0.257 e. The van der Waals surface area contributed by atoms with Crippen LogP contribution in [0.1, 0.15) is 19.8 Å². The van der Waals surface area contributed by atoms with Gasteiger partial charge in [-0.15, -0.1) is 0 Å². The number of halogens is 1. The summed E-state index contributed by atoms with van der Waals surface area (Å²) in [5, 5.41) is 12.6. The number of hydrogen-bond donors (Lipinski definition) is 2. The molecular weight excluding hydrogens is 254 g/mol. The van der Waals surface area contributed by atoms with Crippen LogP contribution in [-0.4, -0.2) is 30.3 Å². The monoisotopic (exact) mass is 271 g/mol. The van der Waals surface area contributed by atoms with Crippen LogP contribution in [0.2, 0.25) is 5.02 Å². The van der Waals surface area contributed by atoms with Crippen molar-refractivity contribution < 1.29 is 14.6 Å². The van der Waals surface area contributed by atoms with Crippen molar-refractivity contribution >= 4 is 17.5 Å². The molecule has 0 saturated heterocycles.